The van der Waals surface area contributed by atoms with Gasteiger partial charge in [0.05, 0.1) is 6.61 Å². The van der Waals surface area contributed by atoms with Crippen LogP contribution in [-0.4, -0.2) is 22.1 Å². The van der Waals surface area contributed by atoms with Crippen molar-refractivity contribution in [2.75, 3.05) is 6.61 Å². The van der Waals surface area contributed by atoms with Gasteiger partial charge in [-0.25, -0.2) is 4.79 Å². The van der Waals surface area contributed by atoms with Crippen molar-refractivity contribution in [2.45, 2.75) is 39.2 Å². The van der Waals surface area contributed by atoms with Crippen LogP contribution in [0.1, 0.15) is 46.9 Å². The number of benzene rings is 2. The molecule has 33 heavy (non-hydrogen) atoms. The zero-order chi connectivity index (χ0) is 23.2. The number of aromatic nitrogens is 2. The third-order valence-corrected chi connectivity index (χ3v) is 6.20. The number of aryl methyl sites for hydroxylation is 2. The van der Waals surface area contributed by atoms with Gasteiger partial charge in [0.15, 0.2) is 0 Å². The molecule has 0 aliphatic rings. The maximum atomic E-state index is 13.1. The lowest BCUT2D eigenvalue weighted by molar-refractivity contribution is 0.0513. The molecule has 0 N–H and O–H groups in total. The summed E-state index contributed by atoms with van der Waals surface area (Å²) < 4.78 is 7.57. The minimum Gasteiger partial charge on any atom is -0.461 e. The lowest BCUT2D eigenvalue weighted by Crippen LogP contribution is -2.15. The second kappa shape index (κ2) is 10.9. The van der Waals surface area contributed by atoms with E-state index >= 15 is 0 Å². The fourth-order valence-electron chi connectivity index (χ4n) is 4.19. The Morgan fingerprint density at radius 3 is 2.52 bits per heavy atom. The highest BCUT2D eigenvalue weighted by Gasteiger charge is 2.24. The van der Waals surface area contributed by atoms with Gasteiger partial charge in [-0.15, -0.1) is 0 Å². The number of rotatable bonds is 9. The van der Waals surface area contributed by atoms with E-state index in [1.165, 1.54) is 5.56 Å². The van der Waals surface area contributed by atoms with Crippen molar-refractivity contribution in [3.05, 3.63) is 99.4 Å². The van der Waals surface area contributed by atoms with Crippen LogP contribution in [0.4, 0.5) is 0 Å². The minimum absolute atomic E-state index is 0.305. The molecule has 2 aromatic heterocycles. The molecular formula is C27H26Cl2N2O2. The number of esters is 1. The van der Waals surface area contributed by atoms with Crippen molar-refractivity contribution >= 4 is 40.1 Å². The predicted molar refractivity (Wildman–Crippen MR) is 134 cm³/mol. The fraction of sp³-hybridized carbons (Fsp3) is 0.259. The van der Waals surface area contributed by atoms with Crippen LogP contribution in [0.2, 0.25) is 10.0 Å². The predicted octanol–water partition coefficient (Wildman–Crippen LogP) is 7.13. The third kappa shape index (κ3) is 5.58. The molecule has 0 fully saturated rings. The highest BCUT2D eigenvalue weighted by Crippen LogP contribution is 2.32. The first-order chi connectivity index (χ1) is 16.1. The molecule has 4 rings (SSSR count). The summed E-state index contributed by atoms with van der Waals surface area (Å²) in [4.78, 5) is 17.3. The summed E-state index contributed by atoms with van der Waals surface area (Å²) in [5, 5.41) is 2.31. The van der Waals surface area contributed by atoms with Gasteiger partial charge in [0.25, 0.3) is 0 Å². The molecule has 0 spiro atoms. The van der Waals surface area contributed by atoms with Gasteiger partial charge in [-0.05, 0) is 79.3 Å². The van der Waals surface area contributed by atoms with E-state index in [-0.39, 0.29) is 5.97 Å². The molecule has 0 amide bonds. The number of unbranched alkanes of at least 4 members (excludes halogenated alkanes) is 1. The van der Waals surface area contributed by atoms with Crippen molar-refractivity contribution in [1.82, 2.24) is 9.55 Å². The molecule has 0 aliphatic heterocycles. The highest BCUT2D eigenvalue weighted by molar-refractivity contribution is 6.31. The van der Waals surface area contributed by atoms with Crippen molar-refractivity contribution in [1.29, 1.82) is 0 Å². The van der Waals surface area contributed by atoms with Crippen LogP contribution in [0, 0.1) is 0 Å². The first-order valence-electron chi connectivity index (χ1n) is 11.2. The van der Waals surface area contributed by atoms with Crippen LogP contribution in [-0.2, 0) is 24.1 Å². The Bertz CT molecular complexity index is 1230. The van der Waals surface area contributed by atoms with Gasteiger partial charge < -0.3 is 9.30 Å². The summed E-state index contributed by atoms with van der Waals surface area (Å²) in [6.45, 7) is 2.87. The Balaban J connectivity index is 1.69. The largest absolute Gasteiger partial charge is 0.461 e. The van der Waals surface area contributed by atoms with E-state index in [4.69, 9.17) is 27.9 Å². The Morgan fingerprint density at radius 2 is 1.79 bits per heavy atom. The molecule has 0 saturated carbocycles. The van der Waals surface area contributed by atoms with Gasteiger partial charge in [0.2, 0.25) is 0 Å². The first-order valence-corrected chi connectivity index (χ1v) is 11.9. The van der Waals surface area contributed by atoms with Crippen LogP contribution < -0.4 is 0 Å². The number of pyridine rings is 1. The summed E-state index contributed by atoms with van der Waals surface area (Å²) >= 11 is 12.4. The molecule has 4 nitrogen and oxygen atoms in total. The summed E-state index contributed by atoms with van der Waals surface area (Å²) in [7, 11) is 0. The first kappa shape index (κ1) is 23.3. The van der Waals surface area contributed by atoms with E-state index in [1.807, 2.05) is 61.7 Å². The number of halogens is 2. The average molecular weight is 481 g/mol. The number of hydrogen-bond donors (Lipinski definition) is 0. The molecule has 6 heteroatoms. The van der Waals surface area contributed by atoms with Crippen LogP contribution in [0.3, 0.4) is 0 Å². The Hall–Kier alpha value is -2.82. The van der Waals surface area contributed by atoms with Crippen molar-refractivity contribution in [3.63, 3.8) is 0 Å². The Kier molecular flexibility index (Phi) is 7.69. The molecule has 4 aromatic rings. The summed E-state index contributed by atoms with van der Waals surface area (Å²) in [6, 6.07) is 17.6. The second-order valence-electron chi connectivity index (χ2n) is 7.98. The van der Waals surface area contributed by atoms with Crippen molar-refractivity contribution in [2.24, 2.45) is 0 Å². The second-order valence-corrected chi connectivity index (χ2v) is 8.86. The van der Waals surface area contributed by atoms with Gasteiger partial charge in [-0.3, -0.25) is 4.98 Å². The number of carbonyl (C=O) groups is 1. The average Bonchev–Trinajstić information content (AvgIpc) is 3.11. The smallest absolute Gasteiger partial charge is 0.355 e. The Labute approximate surface area is 204 Å². The Morgan fingerprint density at radius 1 is 1.00 bits per heavy atom. The van der Waals surface area contributed by atoms with E-state index in [2.05, 4.69) is 15.6 Å². The van der Waals surface area contributed by atoms with Gasteiger partial charge in [0.1, 0.15) is 5.69 Å². The number of nitrogens with zero attached hydrogens (tertiary/aromatic N) is 2. The van der Waals surface area contributed by atoms with Crippen LogP contribution in [0.25, 0.3) is 10.9 Å². The molecule has 0 radical (unpaired) electrons. The quantitative estimate of drug-likeness (QED) is 0.189. The van der Waals surface area contributed by atoms with E-state index in [0.29, 0.717) is 35.3 Å². The van der Waals surface area contributed by atoms with Gasteiger partial charge in [0, 0.05) is 46.3 Å². The van der Waals surface area contributed by atoms with Gasteiger partial charge in [-0.1, -0.05) is 41.4 Å². The maximum absolute atomic E-state index is 13.1. The molecule has 0 atom stereocenters. The summed E-state index contributed by atoms with van der Waals surface area (Å²) in [5.74, 6) is -0.305. The lowest BCUT2D eigenvalue weighted by atomic mass is 10.0. The normalized spacial score (nSPS) is 11.1. The monoisotopic (exact) mass is 480 g/mol. The standard InChI is InChI=1S/C27H26Cl2N2O2/c1-2-33-27(32)26-24(16-19-8-10-21(28)11-9-19)23-17-22(29)12-13-25(23)31(26)15-4-3-6-20-7-5-14-30-18-20/h5,7-14,17-18H,2-4,6,15-16H2,1H3. The van der Waals surface area contributed by atoms with E-state index in [9.17, 15) is 4.79 Å². The molecule has 2 aromatic carbocycles. The van der Waals surface area contributed by atoms with E-state index < -0.39 is 0 Å². The molecule has 2 heterocycles. The van der Waals surface area contributed by atoms with Crippen LogP contribution >= 0.6 is 23.2 Å². The topological polar surface area (TPSA) is 44.1 Å². The minimum atomic E-state index is -0.305. The van der Waals surface area contributed by atoms with Gasteiger partial charge in [-0.2, -0.15) is 0 Å². The molecule has 0 bridgehead atoms. The third-order valence-electron chi connectivity index (χ3n) is 5.71. The van der Waals surface area contributed by atoms with Crippen molar-refractivity contribution < 1.29 is 9.53 Å². The van der Waals surface area contributed by atoms with Gasteiger partial charge >= 0.3 is 5.97 Å². The SMILES string of the molecule is CCOC(=O)c1c(Cc2ccc(Cl)cc2)c2cc(Cl)ccc2n1CCCCc1cccnc1. The van der Waals surface area contributed by atoms with E-state index in [1.54, 1.807) is 6.20 Å². The fourth-order valence-corrected chi connectivity index (χ4v) is 4.49. The number of hydrogen-bond acceptors (Lipinski definition) is 3. The maximum Gasteiger partial charge on any atom is 0.355 e. The number of ether oxygens (including phenoxy) is 1. The zero-order valence-electron chi connectivity index (χ0n) is 18.6. The highest BCUT2D eigenvalue weighted by atomic mass is 35.5. The summed E-state index contributed by atoms with van der Waals surface area (Å²) in [5.41, 5.74) is 4.81. The molecule has 0 unspecified atom stereocenters. The molecule has 0 aliphatic carbocycles. The molecule has 0 saturated heterocycles. The number of carbonyl (C=O) groups excluding carboxylic acids is 1. The van der Waals surface area contributed by atoms with Crippen LogP contribution in [0.15, 0.2) is 67.0 Å². The lowest BCUT2D eigenvalue weighted by Gasteiger charge is -2.12. The van der Waals surface area contributed by atoms with Crippen LogP contribution in [0.5, 0.6) is 0 Å². The molecular weight excluding hydrogens is 455 g/mol. The van der Waals surface area contributed by atoms with E-state index in [0.717, 1.165) is 41.3 Å². The van der Waals surface area contributed by atoms with Crippen molar-refractivity contribution in [3.8, 4) is 0 Å². The summed E-state index contributed by atoms with van der Waals surface area (Å²) in [6.07, 6.45) is 7.15. The number of fused-ring (bicyclic) bond motifs is 1. The zero-order valence-corrected chi connectivity index (χ0v) is 20.1. The molecule has 170 valence electrons.